The number of fused-ring (bicyclic) bond motifs is 1. The molecule has 2 atom stereocenters. The zero-order chi connectivity index (χ0) is 25.2. The monoisotopic (exact) mass is 486 g/mol. The highest BCUT2D eigenvalue weighted by Crippen LogP contribution is 2.38. The first-order valence-corrected chi connectivity index (χ1v) is 13.2. The van der Waals surface area contributed by atoms with E-state index in [0.29, 0.717) is 12.5 Å². The predicted molar refractivity (Wildman–Crippen MR) is 139 cm³/mol. The Bertz CT molecular complexity index is 1260. The lowest BCUT2D eigenvalue weighted by Crippen LogP contribution is -2.46. The van der Waals surface area contributed by atoms with Crippen molar-refractivity contribution < 1.29 is 19.5 Å². The van der Waals surface area contributed by atoms with Crippen LogP contribution in [0.4, 0.5) is 0 Å². The Morgan fingerprint density at radius 1 is 0.972 bits per heavy atom. The molecule has 2 N–H and O–H groups in total. The van der Waals surface area contributed by atoms with E-state index in [1.807, 2.05) is 41.3 Å². The largest absolute Gasteiger partial charge is 0.477 e. The van der Waals surface area contributed by atoms with Crippen molar-refractivity contribution in [3.8, 4) is 0 Å². The molecule has 0 unspecified atom stereocenters. The molecular weight excluding hydrogens is 452 g/mol. The molecule has 36 heavy (non-hydrogen) atoms. The van der Waals surface area contributed by atoms with Gasteiger partial charge in [-0.25, -0.2) is 4.79 Å². The standard InChI is InChI=1S/C30H34N2O4/c1-2-19-8-11-22(12-9-19)29(34)32-15-14-24(21-6-4-3-5-7-21)28(32)27(33)17-20-10-13-25-23(16-20)18-26(31-25)30(35)36/h3-7,10,13,16,18-19,22,24,28,31H,2,8-9,11-12,14-15,17H2,1H3,(H,35,36)/t19?,22?,24-,28-/m0/s1. The first-order chi connectivity index (χ1) is 17.4. The number of Topliss-reactive ketones (excluding diaryl/α,β-unsaturated/α-hetero) is 1. The first kappa shape index (κ1) is 24.3. The summed E-state index contributed by atoms with van der Waals surface area (Å²) < 4.78 is 0. The second-order valence-electron chi connectivity index (χ2n) is 10.5. The van der Waals surface area contributed by atoms with Crippen LogP contribution in [0.15, 0.2) is 54.6 Å². The number of hydrogen-bond donors (Lipinski definition) is 2. The van der Waals surface area contributed by atoms with Gasteiger partial charge in [0.1, 0.15) is 5.69 Å². The number of aromatic nitrogens is 1. The van der Waals surface area contributed by atoms with Crippen LogP contribution in [0.1, 0.15) is 73.0 Å². The number of ketones is 1. The number of amides is 1. The number of carbonyl (C=O) groups excluding carboxylic acids is 2. The Balaban J connectivity index is 1.39. The molecule has 0 radical (unpaired) electrons. The molecule has 2 aliphatic rings. The van der Waals surface area contributed by atoms with Crippen molar-refractivity contribution in [2.45, 2.75) is 63.8 Å². The average Bonchev–Trinajstić information content (AvgIpc) is 3.54. The Hall–Kier alpha value is -3.41. The summed E-state index contributed by atoms with van der Waals surface area (Å²) in [6.45, 7) is 2.83. The number of likely N-dealkylation sites (tertiary alicyclic amines) is 1. The van der Waals surface area contributed by atoms with E-state index in [0.717, 1.165) is 54.1 Å². The Morgan fingerprint density at radius 2 is 1.72 bits per heavy atom. The normalized spacial score (nSPS) is 24.2. The maximum atomic E-state index is 13.8. The fourth-order valence-corrected chi connectivity index (χ4v) is 6.25. The number of benzene rings is 2. The van der Waals surface area contributed by atoms with Gasteiger partial charge in [0.2, 0.25) is 5.91 Å². The molecule has 1 saturated carbocycles. The molecule has 6 heteroatoms. The third-order valence-electron chi connectivity index (χ3n) is 8.31. The second-order valence-corrected chi connectivity index (χ2v) is 10.5. The van der Waals surface area contributed by atoms with Gasteiger partial charge < -0.3 is 15.0 Å². The number of nitrogens with zero attached hydrogens (tertiary/aromatic N) is 1. The Kier molecular flexibility index (Phi) is 6.95. The van der Waals surface area contributed by atoms with Crippen molar-refractivity contribution in [3.63, 3.8) is 0 Å². The summed E-state index contributed by atoms with van der Waals surface area (Å²) in [5.74, 6) is -0.0963. The molecule has 1 aliphatic heterocycles. The van der Waals surface area contributed by atoms with Crippen molar-refractivity contribution in [2.75, 3.05) is 6.54 Å². The van der Waals surface area contributed by atoms with E-state index in [-0.39, 0.29) is 35.6 Å². The van der Waals surface area contributed by atoms with Crippen molar-refractivity contribution in [2.24, 2.45) is 11.8 Å². The van der Waals surface area contributed by atoms with Gasteiger partial charge in [-0.3, -0.25) is 9.59 Å². The summed E-state index contributed by atoms with van der Waals surface area (Å²) >= 11 is 0. The van der Waals surface area contributed by atoms with Gasteiger partial charge in [0.15, 0.2) is 5.78 Å². The minimum Gasteiger partial charge on any atom is -0.477 e. The smallest absolute Gasteiger partial charge is 0.352 e. The highest BCUT2D eigenvalue weighted by molar-refractivity contribution is 5.95. The maximum absolute atomic E-state index is 13.8. The number of aromatic carboxylic acids is 1. The maximum Gasteiger partial charge on any atom is 0.352 e. The van der Waals surface area contributed by atoms with Crippen LogP contribution in [0.25, 0.3) is 10.9 Å². The molecule has 2 fully saturated rings. The highest BCUT2D eigenvalue weighted by Gasteiger charge is 2.44. The number of carboxylic acids is 1. The Morgan fingerprint density at radius 3 is 2.42 bits per heavy atom. The molecule has 188 valence electrons. The molecule has 1 amide bonds. The molecule has 0 spiro atoms. The van der Waals surface area contributed by atoms with Gasteiger partial charge >= 0.3 is 5.97 Å². The summed E-state index contributed by atoms with van der Waals surface area (Å²) in [5.41, 5.74) is 2.79. The summed E-state index contributed by atoms with van der Waals surface area (Å²) in [6.07, 6.45) is 6.19. The lowest BCUT2D eigenvalue weighted by molar-refractivity contribution is -0.142. The van der Waals surface area contributed by atoms with Gasteiger partial charge in [-0.1, -0.05) is 49.7 Å². The van der Waals surface area contributed by atoms with E-state index in [1.165, 1.54) is 6.42 Å². The van der Waals surface area contributed by atoms with Crippen LogP contribution in [0.3, 0.4) is 0 Å². The molecule has 2 heterocycles. The zero-order valence-corrected chi connectivity index (χ0v) is 20.8. The highest BCUT2D eigenvalue weighted by atomic mass is 16.4. The SMILES string of the molecule is CCC1CCC(C(=O)N2CC[C@@H](c3ccccc3)[C@H]2C(=O)Cc2ccc3[nH]c(C(=O)O)cc3c2)CC1. The lowest BCUT2D eigenvalue weighted by Gasteiger charge is -2.33. The van der Waals surface area contributed by atoms with Gasteiger partial charge in [-0.15, -0.1) is 0 Å². The van der Waals surface area contributed by atoms with E-state index in [4.69, 9.17) is 0 Å². The van der Waals surface area contributed by atoms with E-state index in [9.17, 15) is 19.5 Å². The summed E-state index contributed by atoms with van der Waals surface area (Å²) in [5, 5.41) is 10.0. The van der Waals surface area contributed by atoms with Gasteiger partial charge in [-0.05, 0) is 67.3 Å². The zero-order valence-electron chi connectivity index (χ0n) is 20.8. The molecule has 3 aromatic rings. The number of H-pyrrole nitrogens is 1. The number of nitrogens with one attached hydrogen (secondary N) is 1. The minimum atomic E-state index is -1.01. The molecule has 0 bridgehead atoms. The number of carboxylic acid groups (broad SMARTS) is 1. The summed E-state index contributed by atoms with van der Waals surface area (Å²) in [6, 6.07) is 16.8. The van der Waals surface area contributed by atoms with Crippen LogP contribution in [-0.4, -0.2) is 45.2 Å². The molecule has 6 nitrogen and oxygen atoms in total. The predicted octanol–water partition coefficient (Wildman–Crippen LogP) is 5.58. The molecular formula is C30H34N2O4. The summed E-state index contributed by atoms with van der Waals surface area (Å²) in [7, 11) is 0. The van der Waals surface area contributed by atoms with Crippen molar-refractivity contribution in [1.29, 1.82) is 0 Å². The first-order valence-electron chi connectivity index (χ1n) is 13.2. The van der Waals surface area contributed by atoms with Crippen molar-refractivity contribution in [3.05, 3.63) is 71.4 Å². The second kappa shape index (κ2) is 10.3. The molecule has 1 aromatic heterocycles. The average molecular weight is 487 g/mol. The molecule has 1 saturated heterocycles. The van der Waals surface area contributed by atoms with Crippen molar-refractivity contribution >= 4 is 28.6 Å². The Labute approximate surface area is 211 Å². The van der Waals surface area contributed by atoms with E-state index in [2.05, 4.69) is 24.0 Å². The van der Waals surface area contributed by atoms with Crippen LogP contribution in [0.5, 0.6) is 0 Å². The van der Waals surface area contributed by atoms with E-state index < -0.39 is 12.0 Å². The van der Waals surface area contributed by atoms with Crippen LogP contribution in [-0.2, 0) is 16.0 Å². The summed E-state index contributed by atoms with van der Waals surface area (Å²) in [4.78, 5) is 43.6. The minimum absolute atomic E-state index is 0.00997. The quantitative estimate of drug-likeness (QED) is 0.456. The number of hydrogen-bond acceptors (Lipinski definition) is 3. The number of carbonyl (C=O) groups is 3. The third kappa shape index (κ3) is 4.81. The third-order valence-corrected chi connectivity index (χ3v) is 8.31. The van der Waals surface area contributed by atoms with Gasteiger partial charge in [0.05, 0.1) is 6.04 Å². The lowest BCUT2D eigenvalue weighted by atomic mass is 9.80. The van der Waals surface area contributed by atoms with Gasteiger partial charge in [0, 0.05) is 35.7 Å². The fourth-order valence-electron chi connectivity index (χ4n) is 6.25. The molecule has 5 rings (SSSR count). The fraction of sp³-hybridized carbons (Fsp3) is 0.433. The number of aromatic amines is 1. The molecule has 2 aromatic carbocycles. The van der Waals surface area contributed by atoms with Crippen LogP contribution < -0.4 is 0 Å². The van der Waals surface area contributed by atoms with E-state index >= 15 is 0 Å². The van der Waals surface area contributed by atoms with E-state index in [1.54, 1.807) is 6.07 Å². The topological polar surface area (TPSA) is 90.5 Å². The van der Waals surface area contributed by atoms with Gasteiger partial charge in [-0.2, -0.15) is 0 Å². The van der Waals surface area contributed by atoms with Gasteiger partial charge in [0.25, 0.3) is 0 Å². The number of rotatable bonds is 7. The molecule has 1 aliphatic carbocycles. The van der Waals surface area contributed by atoms with Crippen LogP contribution in [0.2, 0.25) is 0 Å². The van der Waals surface area contributed by atoms with Crippen LogP contribution in [0, 0.1) is 11.8 Å². The van der Waals surface area contributed by atoms with Crippen LogP contribution >= 0.6 is 0 Å². The van der Waals surface area contributed by atoms with Crippen molar-refractivity contribution in [1.82, 2.24) is 9.88 Å².